The van der Waals surface area contributed by atoms with Crippen LogP contribution in [0.2, 0.25) is 0 Å². The third kappa shape index (κ3) is 25.3. The molecule has 2 saturated heterocycles. The Balaban J connectivity index is 0. The topological polar surface area (TPSA) is 137 Å². The number of hydrogen-bond donors (Lipinski definition) is 3. The van der Waals surface area contributed by atoms with Gasteiger partial charge in [-0.2, -0.15) is 0 Å². The van der Waals surface area contributed by atoms with Gasteiger partial charge in [0, 0.05) is 37.5 Å². The lowest BCUT2D eigenvalue weighted by atomic mass is 10.1. The highest BCUT2D eigenvalue weighted by Crippen LogP contribution is 2.19. The van der Waals surface area contributed by atoms with Crippen LogP contribution in [0.4, 0.5) is 5.69 Å². The van der Waals surface area contributed by atoms with Gasteiger partial charge in [-0.3, -0.25) is 28.9 Å². The predicted molar refractivity (Wildman–Crippen MR) is 209 cm³/mol. The molecule has 3 rings (SSSR count). The van der Waals surface area contributed by atoms with Gasteiger partial charge in [-0.1, -0.05) is 86.8 Å². The van der Waals surface area contributed by atoms with Crippen LogP contribution in [0.1, 0.15) is 133 Å². The average molecular weight is 720 g/mol. The first kappa shape index (κ1) is 49.8. The van der Waals surface area contributed by atoms with Crippen LogP contribution in [0.25, 0.3) is 0 Å². The fourth-order valence-electron chi connectivity index (χ4n) is 5.11. The van der Waals surface area contributed by atoms with E-state index in [4.69, 9.17) is 4.74 Å². The van der Waals surface area contributed by atoms with Gasteiger partial charge in [0.2, 0.25) is 24.1 Å². The van der Waals surface area contributed by atoms with E-state index in [1.165, 1.54) is 57.1 Å². The van der Waals surface area contributed by atoms with Crippen LogP contribution in [0.3, 0.4) is 0 Å². The van der Waals surface area contributed by atoms with E-state index in [1.807, 2.05) is 34.6 Å². The van der Waals surface area contributed by atoms with Gasteiger partial charge in [0.05, 0.1) is 6.54 Å². The lowest BCUT2D eigenvalue weighted by Crippen LogP contribution is -2.32. The zero-order valence-electron chi connectivity index (χ0n) is 33.8. The van der Waals surface area contributed by atoms with E-state index in [1.54, 1.807) is 24.3 Å². The average Bonchev–Trinajstić information content (AvgIpc) is 3.38. The van der Waals surface area contributed by atoms with Crippen LogP contribution < -0.4 is 16.0 Å². The summed E-state index contributed by atoms with van der Waals surface area (Å²) in [5.74, 6) is -0.0621. The van der Waals surface area contributed by atoms with Crippen molar-refractivity contribution in [2.24, 2.45) is 11.8 Å². The highest BCUT2D eigenvalue weighted by Gasteiger charge is 2.34. The van der Waals surface area contributed by atoms with E-state index in [-0.39, 0.29) is 42.8 Å². The summed E-state index contributed by atoms with van der Waals surface area (Å²) in [5, 5.41) is 8.38. The SMILES string of the molecule is CC.CC.CC(=O)OCc1ccc(NC(=O)CNC=O)cc1.CC1CC(=O)N(CCCCCCNC(C)C(C)C)C1=O.CCCN1CCCCC1. The number of benzene rings is 1. The first-order chi connectivity index (χ1) is 24.5. The molecule has 1 aromatic carbocycles. The van der Waals surface area contributed by atoms with Gasteiger partial charge in [-0.25, -0.2) is 0 Å². The minimum Gasteiger partial charge on any atom is -0.461 e. The molecule has 4 amide bonds. The second kappa shape index (κ2) is 32.6. The summed E-state index contributed by atoms with van der Waals surface area (Å²) in [6, 6.07) is 7.43. The summed E-state index contributed by atoms with van der Waals surface area (Å²) >= 11 is 0. The molecule has 0 saturated carbocycles. The fraction of sp³-hybridized carbons (Fsp3) is 0.725. The van der Waals surface area contributed by atoms with Crippen molar-refractivity contribution in [2.75, 3.05) is 44.6 Å². The number of imide groups is 1. The molecule has 11 heteroatoms. The van der Waals surface area contributed by atoms with Crippen molar-refractivity contribution in [3.8, 4) is 0 Å². The van der Waals surface area contributed by atoms with Gasteiger partial charge in [0.15, 0.2) is 0 Å². The quantitative estimate of drug-likeness (QED) is 0.0682. The summed E-state index contributed by atoms with van der Waals surface area (Å²) in [5.41, 5.74) is 1.44. The van der Waals surface area contributed by atoms with Crippen LogP contribution in [0, 0.1) is 11.8 Å². The Kier molecular flexibility index (Phi) is 31.8. The summed E-state index contributed by atoms with van der Waals surface area (Å²) in [6.45, 7) is 25.9. The van der Waals surface area contributed by atoms with Crippen LogP contribution in [0.5, 0.6) is 0 Å². The number of piperidine rings is 1. The Morgan fingerprint density at radius 2 is 1.53 bits per heavy atom. The largest absolute Gasteiger partial charge is 0.461 e. The van der Waals surface area contributed by atoms with E-state index < -0.39 is 0 Å². The number of ether oxygens (including phenoxy) is 1. The lowest BCUT2D eigenvalue weighted by molar-refractivity contribution is -0.142. The maximum absolute atomic E-state index is 11.7. The first-order valence-corrected chi connectivity index (χ1v) is 19.5. The first-order valence-electron chi connectivity index (χ1n) is 19.5. The Bertz CT molecular complexity index is 1060. The monoisotopic (exact) mass is 720 g/mol. The molecule has 0 radical (unpaired) electrons. The van der Waals surface area contributed by atoms with Gasteiger partial charge in [-0.15, -0.1) is 0 Å². The van der Waals surface area contributed by atoms with Crippen molar-refractivity contribution in [1.29, 1.82) is 0 Å². The Morgan fingerprint density at radius 3 is 2.04 bits per heavy atom. The smallest absolute Gasteiger partial charge is 0.302 e. The molecule has 2 aliphatic heterocycles. The number of likely N-dealkylation sites (tertiary alicyclic amines) is 2. The lowest BCUT2D eigenvalue weighted by Gasteiger charge is -2.25. The molecule has 3 N–H and O–H groups in total. The minimum absolute atomic E-state index is 0.00919. The molecule has 2 fully saturated rings. The molecular formula is C40H73N5O6. The number of carbonyl (C=O) groups excluding carboxylic acids is 5. The summed E-state index contributed by atoms with van der Waals surface area (Å²) < 4.78 is 4.83. The number of esters is 1. The van der Waals surface area contributed by atoms with Gasteiger partial charge in [0.25, 0.3) is 0 Å². The number of amides is 4. The number of nitrogens with zero attached hydrogens (tertiary/aromatic N) is 2. The molecule has 2 aliphatic rings. The molecule has 2 atom stereocenters. The second-order valence-electron chi connectivity index (χ2n) is 12.8. The molecule has 11 nitrogen and oxygen atoms in total. The minimum atomic E-state index is -0.340. The molecule has 294 valence electrons. The third-order valence-electron chi connectivity index (χ3n) is 8.26. The van der Waals surface area contributed by atoms with Gasteiger partial charge >= 0.3 is 5.97 Å². The normalized spacial score (nSPS) is 15.7. The fourth-order valence-corrected chi connectivity index (χ4v) is 5.11. The molecule has 0 spiro atoms. The molecular weight excluding hydrogens is 646 g/mol. The van der Waals surface area contributed by atoms with E-state index >= 15 is 0 Å². The van der Waals surface area contributed by atoms with Gasteiger partial charge in [0.1, 0.15) is 6.61 Å². The summed E-state index contributed by atoms with van der Waals surface area (Å²) in [7, 11) is 0. The standard InChI is InChI=1S/C16H30N2O2.C12H14N2O4.C8H17N.2C2H6/c1-12(2)14(4)17-9-7-5-6-8-10-18-15(19)11-13(3)16(18)20;1-9(16)18-7-10-2-4-11(5-3-10)14-12(17)6-13-8-15;1-2-6-9-7-4-3-5-8-9;2*1-2/h12-14,17H,5-11H2,1-4H3;2-5,8H,6-7H2,1H3,(H,13,15)(H,14,17);2-8H2,1H3;2*1-2H3. The van der Waals surface area contributed by atoms with Crippen LogP contribution in [-0.4, -0.2) is 85.2 Å². The van der Waals surface area contributed by atoms with Gasteiger partial charge < -0.3 is 25.6 Å². The molecule has 0 bridgehead atoms. The molecule has 0 aliphatic carbocycles. The highest BCUT2D eigenvalue weighted by atomic mass is 16.5. The van der Waals surface area contributed by atoms with Crippen molar-refractivity contribution < 1.29 is 28.7 Å². The van der Waals surface area contributed by atoms with E-state index in [0.29, 0.717) is 37.0 Å². The number of rotatable bonds is 17. The number of nitrogens with one attached hydrogen (secondary N) is 3. The van der Waals surface area contributed by atoms with E-state index in [0.717, 1.165) is 37.8 Å². The van der Waals surface area contributed by atoms with Crippen LogP contribution in [-0.2, 0) is 35.3 Å². The van der Waals surface area contributed by atoms with E-state index in [2.05, 4.69) is 48.5 Å². The highest BCUT2D eigenvalue weighted by molar-refractivity contribution is 6.03. The maximum Gasteiger partial charge on any atom is 0.302 e. The number of carbonyl (C=O) groups is 5. The molecule has 0 aromatic heterocycles. The molecule has 2 heterocycles. The predicted octanol–water partition coefficient (Wildman–Crippen LogP) is 6.94. The Hall–Kier alpha value is -3.31. The van der Waals surface area contributed by atoms with E-state index in [9.17, 15) is 24.0 Å². The Morgan fingerprint density at radius 1 is 0.922 bits per heavy atom. The Labute approximate surface area is 310 Å². The molecule has 1 aromatic rings. The van der Waals surface area contributed by atoms with Crippen molar-refractivity contribution in [3.05, 3.63) is 29.8 Å². The number of hydrogen-bond acceptors (Lipinski definition) is 8. The molecule has 2 unspecified atom stereocenters. The van der Waals surface area contributed by atoms with Crippen molar-refractivity contribution in [3.63, 3.8) is 0 Å². The molecule has 51 heavy (non-hydrogen) atoms. The zero-order valence-corrected chi connectivity index (χ0v) is 33.8. The summed E-state index contributed by atoms with van der Waals surface area (Å²) in [6.07, 6.45) is 10.8. The van der Waals surface area contributed by atoms with Crippen LogP contribution >= 0.6 is 0 Å². The van der Waals surface area contributed by atoms with Gasteiger partial charge in [-0.05, 0) is 88.8 Å². The van der Waals surface area contributed by atoms with Crippen molar-refractivity contribution in [2.45, 2.75) is 140 Å². The third-order valence-corrected chi connectivity index (χ3v) is 8.26. The van der Waals surface area contributed by atoms with Crippen molar-refractivity contribution in [1.82, 2.24) is 20.4 Å². The second-order valence-corrected chi connectivity index (χ2v) is 12.8. The van der Waals surface area contributed by atoms with Crippen LogP contribution in [0.15, 0.2) is 24.3 Å². The zero-order chi connectivity index (χ0) is 39.0. The summed E-state index contributed by atoms with van der Waals surface area (Å²) in [4.78, 5) is 59.2. The number of anilines is 1. The maximum atomic E-state index is 11.7. The number of unbranched alkanes of at least 4 members (excludes halogenated alkanes) is 3. The van der Waals surface area contributed by atoms with Crippen molar-refractivity contribution >= 4 is 35.8 Å².